The van der Waals surface area contributed by atoms with Gasteiger partial charge in [-0.3, -0.25) is 9.69 Å². The van der Waals surface area contributed by atoms with Gasteiger partial charge in [0.1, 0.15) is 5.75 Å². The van der Waals surface area contributed by atoms with Crippen molar-refractivity contribution >= 4 is 5.97 Å². The van der Waals surface area contributed by atoms with Crippen LogP contribution in [0.1, 0.15) is 17.0 Å². The fraction of sp³-hybridized carbons (Fsp3) is 0.316. The molecular formula is C19H19F2NO3. The summed E-state index contributed by atoms with van der Waals surface area (Å²) in [6.45, 7) is -1.11. The molecule has 0 spiro atoms. The summed E-state index contributed by atoms with van der Waals surface area (Å²) in [5.41, 5.74) is 1.96. The molecule has 1 aliphatic heterocycles. The lowest BCUT2D eigenvalue weighted by Crippen LogP contribution is -2.23. The second-order valence-corrected chi connectivity index (χ2v) is 6.18. The van der Waals surface area contributed by atoms with E-state index in [0.29, 0.717) is 19.6 Å². The van der Waals surface area contributed by atoms with Gasteiger partial charge in [-0.05, 0) is 23.3 Å². The number of nitrogens with zero attached hydrogens (tertiary/aromatic N) is 1. The number of halogens is 2. The SMILES string of the molecule is O=C(O)C1CN(Cc2ccccc2)CC1c1ccc(OC(F)F)cc1. The van der Waals surface area contributed by atoms with Gasteiger partial charge in [0.25, 0.3) is 0 Å². The highest BCUT2D eigenvalue weighted by atomic mass is 19.3. The Labute approximate surface area is 144 Å². The summed E-state index contributed by atoms with van der Waals surface area (Å²) in [6, 6.07) is 16.1. The first-order valence-corrected chi connectivity index (χ1v) is 8.07. The Kier molecular flexibility index (Phi) is 5.28. The molecule has 1 N–H and O–H groups in total. The molecule has 25 heavy (non-hydrogen) atoms. The number of hydrogen-bond donors (Lipinski definition) is 1. The van der Waals surface area contributed by atoms with Crippen molar-refractivity contribution < 1.29 is 23.4 Å². The average Bonchev–Trinajstić information content (AvgIpc) is 3.00. The van der Waals surface area contributed by atoms with Crippen LogP contribution in [0.2, 0.25) is 0 Å². The van der Waals surface area contributed by atoms with Gasteiger partial charge in [0.2, 0.25) is 0 Å². The fourth-order valence-electron chi connectivity index (χ4n) is 3.34. The van der Waals surface area contributed by atoms with Crippen molar-refractivity contribution in [2.75, 3.05) is 13.1 Å². The van der Waals surface area contributed by atoms with E-state index in [0.717, 1.165) is 11.1 Å². The van der Waals surface area contributed by atoms with E-state index in [1.54, 1.807) is 12.1 Å². The van der Waals surface area contributed by atoms with Crippen molar-refractivity contribution in [3.05, 3.63) is 65.7 Å². The summed E-state index contributed by atoms with van der Waals surface area (Å²) in [4.78, 5) is 13.8. The summed E-state index contributed by atoms with van der Waals surface area (Å²) < 4.78 is 28.8. The molecular weight excluding hydrogens is 328 g/mol. The molecule has 2 aromatic rings. The smallest absolute Gasteiger partial charge is 0.387 e. The number of rotatable bonds is 6. The Morgan fingerprint density at radius 3 is 2.40 bits per heavy atom. The molecule has 0 aliphatic carbocycles. The highest BCUT2D eigenvalue weighted by Gasteiger charge is 2.38. The van der Waals surface area contributed by atoms with Crippen LogP contribution in [0.25, 0.3) is 0 Å². The van der Waals surface area contributed by atoms with Crippen molar-refractivity contribution in [2.24, 2.45) is 5.92 Å². The van der Waals surface area contributed by atoms with E-state index in [2.05, 4.69) is 9.64 Å². The van der Waals surface area contributed by atoms with Gasteiger partial charge in [0, 0.05) is 25.6 Å². The molecule has 2 atom stereocenters. The van der Waals surface area contributed by atoms with E-state index in [9.17, 15) is 18.7 Å². The maximum Gasteiger partial charge on any atom is 0.387 e. The van der Waals surface area contributed by atoms with Gasteiger partial charge < -0.3 is 9.84 Å². The average molecular weight is 347 g/mol. The highest BCUT2D eigenvalue weighted by Crippen LogP contribution is 2.34. The topological polar surface area (TPSA) is 49.8 Å². The van der Waals surface area contributed by atoms with E-state index < -0.39 is 18.5 Å². The highest BCUT2D eigenvalue weighted by molar-refractivity contribution is 5.72. The van der Waals surface area contributed by atoms with Gasteiger partial charge in [0.15, 0.2) is 0 Å². The summed E-state index contributed by atoms with van der Waals surface area (Å²) in [5.74, 6) is -1.47. The summed E-state index contributed by atoms with van der Waals surface area (Å²) in [5, 5.41) is 9.55. The molecule has 4 nitrogen and oxygen atoms in total. The van der Waals surface area contributed by atoms with Crippen molar-refractivity contribution in [3.8, 4) is 5.75 Å². The number of carbonyl (C=O) groups is 1. The number of aliphatic carboxylic acids is 1. The Bertz CT molecular complexity index is 706. The van der Waals surface area contributed by atoms with Gasteiger partial charge in [-0.2, -0.15) is 8.78 Å². The third-order valence-electron chi connectivity index (χ3n) is 4.50. The Hall–Kier alpha value is -2.47. The summed E-state index contributed by atoms with van der Waals surface area (Å²) >= 11 is 0. The summed E-state index contributed by atoms with van der Waals surface area (Å²) in [6.07, 6.45) is 0. The van der Waals surface area contributed by atoms with Crippen LogP contribution in [0.4, 0.5) is 8.78 Å². The molecule has 1 fully saturated rings. The lowest BCUT2D eigenvalue weighted by Gasteiger charge is -2.16. The monoisotopic (exact) mass is 347 g/mol. The molecule has 2 unspecified atom stereocenters. The number of alkyl halides is 2. The third-order valence-corrected chi connectivity index (χ3v) is 4.50. The molecule has 1 saturated heterocycles. The molecule has 0 amide bonds. The first-order valence-electron chi connectivity index (χ1n) is 8.07. The van der Waals surface area contributed by atoms with Crippen LogP contribution in [0.3, 0.4) is 0 Å². The van der Waals surface area contributed by atoms with Crippen LogP contribution in [0.5, 0.6) is 5.75 Å². The van der Waals surface area contributed by atoms with Gasteiger partial charge in [-0.25, -0.2) is 0 Å². The normalized spacial score (nSPS) is 20.8. The maximum atomic E-state index is 12.2. The predicted octanol–water partition coefficient (Wildman–Crippen LogP) is 3.59. The Balaban J connectivity index is 1.73. The van der Waals surface area contributed by atoms with Crippen LogP contribution in [0.15, 0.2) is 54.6 Å². The second-order valence-electron chi connectivity index (χ2n) is 6.18. The van der Waals surface area contributed by atoms with Crippen molar-refractivity contribution in [1.82, 2.24) is 4.90 Å². The zero-order valence-corrected chi connectivity index (χ0v) is 13.5. The standard InChI is InChI=1S/C19H19F2NO3/c20-19(21)25-15-8-6-14(7-9-15)16-11-22(12-17(16)18(23)24)10-13-4-2-1-3-5-13/h1-9,16-17,19H,10-12H2,(H,23,24). The quantitative estimate of drug-likeness (QED) is 0.868. The molecule has 3 rings (SSSR count). The van der Waals surface area contributed by atoms with Crippen molar-refractivity contribution in [3.63, 3.8) is 0 Å². The molecule has 0 saturated carbocycles. The molecule has 0 radical (unpaired) electrons. The minimum Gasteiger partial charge on any atom is -0.481 e. The number of ether oxygens (including phenoxy) is 1. The number of benzene rings is 2. The van der Waals surface area contributed by atoms with Crippen LogP contribution in [-0.2, 0) is 11.3 Å². The Morgan fingerprint density at radius 2 is 1.80 bits per heavy atom. The van der Waals surface area contributed by atoms with E-state index in [-0.39, 0.29) is 11.7 Å². The molecule has 0 aromatic heterocycles. The molecule has 6 heteroatoms. The first kappa shape index (κ1) is 17.4. The van der Waals surface area contributed by atoms with Crippen LogP contribution in [0, 0.1) is 5.92 Å². The molecule has 132 valence electrons. The lowest BCUT2D eigenvalue weighted by molar-refractivity contribution is -0.141. The van der Waals surface area contributed by atoms with Crippen LogP contribution in [-0.4, -0.2) is 35.7 Å². The number of carboxylic acid groups (broad SMARTS) is 1. The largest absolute Gasteiger partial charge is 0.481 e. The molecule has 2 aromatic carbocycles. The predicted molar refractivity (Wildman–Crippen MR) is 88.7 cm³/mol. The van der Waals surface area contributed by atoms with Gasteiger partial charge in [-0.15, -0.1) is 0 Å². The molecule has 1 aliphatic rings. The molecule has 1 heterocycles. The van der Waals surface area contributed by atoms with Gasteiger partial charge >= 0.3 is 12.6 Å². The lowest BCUT2D eigenvalue weighted by atomic mass is 9.89. The van der Waals surface area contributed by atoms with E-state index in [1.807, 2.05) is 30.3 Å². The molecule has 0 bridgehead atoms. The van der Waals surface area contributed by atoms with E-state index in [1.165, 1.54) is 12.1 Å². The van der Waals surface area contributed by atoms with E-state index in [4.69, 9.17) is 0 Å². The summed E-state index contributed by atoms with van der Waals surface area (Å²) in [7, 11) is 0. The van der Waals surface area contributed by atoms with Crippen molar-refractivity contribution in [2.45, 2.75) is 19.1 Å². The minimum atomic E-state index is -2.87. The van der Waals surface area contributed by atoms with Crippen LogP contribution >= 0.6 is 0 Å². The van der Waals surface area contributed by atoms with Gasteiger partial charge in [-0.1, -0.05) is 42.5 Å². The Morgan fingerprint density at radius 1 is 1.12 bits per heavy atom. The zero-order valence-electron chi connectivity index (χ0n) is 13.5. The maximum absolute atomic E-state index is 12.2. The number of hydrogen-bond acceptors (Lipinski definition) is 3. The number of carboxylic acids is 1. The van der Waals surface area contributed by atoms with Gasteiger partial charge in [0.05, 0.1) is 5.92 Å². The first-order chi connectivity index (χ1) is 12.0. The van der Waals surface area contributed by atoms with Crippen molar-refractivity contribution in [1.29, 1.82) is 0 Å². The minimum absolute atomic E-state index is 0.0739. The van der Waals surface area contributed by atoms with E-state index >= 15 is 0 Å². The third kappa shape index (κ3) is 4.33. The van der Waals surface area contributed by atoms with Crippen LogP contribution < -0.4 is 4.74 Å². The zero-order chi connectivity index (χ0) is 17.8. The number of likely N-dealkylation sites (tertiary alicyclic amines) is 1. The second kappa shape index (κ2) is 7.61. The fourth-order valence-corrected chi connectivity index (χ4v) is 3.34.